The number of sulfone groups is 1. The molecule has 1 aliphatic heterocycles. The third kappa shape index (κ3) is 8.38. The Labute approximate surface area is 284 Å². The first-order valence-corrected chi connectivity index (χ1v) is 18.5. The lowest BCUT2D eigenvalue weighted by Crippen LogP contribution is -2.62. The lowest BCUT2D eigenvalue weighted by Gasteiger charge is -2.38. The summed E-state index contributed by atoms with van der Waals surface area (Å²) in [6, 6.07) is 2.65. The Morgan fingerprint density at radius 2 is 1.56 bits per heavy atom. The van der Waals surface area contributed by atoms with Crippen molar-refractivity contribution >= 4 is 39.4 Å². The van der Waals surface area contributed by atoms with Crippen LogP contribution >= 0.6 is 0 Å². The zero-order valence-electron chi connectivity index (χ0n) is 29.7. The Balaban J connectivity index is 1.52. The monoisotopic (exact) mass is 687 g/mol. The van der Waals surface area contributed by atoms with E-state index in [0.717, 1.165) is 24.8 Å². The number of ketones is 1. The molecule has 48 heavy (non-hydrogen) atoms. The molecule has 3 aliphatic rings. The fraction of sp³-hybridized carbons (Fsp3) is 0.686. The lowest BCUT2D eigenvalue weighted by molar-refractivity contribution is -0.145. The molecule has 0 bridgehead atoms. The number of urea groups is 1. The molecule has 1 aromatic rings. The van der Waals surface area contributed by atoms with Gasteiger partial charge in [-0.15, -0.1) is 0 Å². The van der Waals surface area contributed by atoms with Crippen molar-refractivity contribution in [3.8, 4) is 0 Å². The highest BCUT2D eigenvalue weighted by atomic mass is 32.2. The zero-order valence-corrected chi connectivity index (χ0v) is 30.5. The topological polar surface area (TPSA) is 171 Å². The largest absolute Gasteiger partial charge is 0.344 e. The minimum atomic E-state index is -3.90. The van der Waals surface area contributed by atoms with Crippen LogP contribution in [-0.2, 0) is 29.0 Å². The number of carbonyl (C=O) groups is 5. The summed E-state index contributed by atoms with van der Waals surface area (Å²) < 4.78 is 25.6. The third-order valence-corrected chi connectivity index (χ3v) is 11.6. The summed E-state index contributed by atoms with van der Waals surface area (Å²) in [6.07, 6.45) is 2.92. The van der Waals surface area contributed by atoms with Crippen molar-refractivity contribution in [1.29, 1.82) is 0 Å². The van der Waals surface area contributed by atoms with E-state index in [1.165, 1.54) is 17.0 Å². The molecule has 0 aromatic heterocycles. The van der Waals surface area contributed by atoms with E-state index in [2.05, 4.69) is 21.3 Å². The number of carbonyl (C=O) groups excluding carboxylic acids is 5. The predicted molar refractivity (Wildman–Crippen MR) is 181 cm³/mol. The van der Waals surface area contributed by atoms with Gasteiger partial charge in [0.2, 0.25) is 17.6 Å². The molecule has 5 amide bonds. The van der Waals surface area contributed by atoms with Crippen LogP contribution in [0.3, 0.4) is 0 Å². The molecule has 13 heteroatoms. The maximum absolute atomic E-state index is 14.2. The Kier molecular flexibility index (Phi) is 10.5. The molecule has 1 aromatic carbocycles. The summed E-state index contributed by atoms with van der Waals surface area (Å²) in [5.41, 5.74) is -0.559. The van der Waals surface area contributed by atoms with Crippen molar-refractivity contribution in [1.82, 2.24) is 26.2 Å². The molecule has 3 unspecified atom stereocenters. The molecule has 5 atom stereocenters. The maximum atomic E-state index is 14.2. The first kappa shape index (κ1) is 37.3. The third-order valence-electron chi connectivity index (χ3n) is 10.1. The second kappa shape index (κ2) is 13.4. The van der Waals surface area contributed by atoms with Gasteiger partial charge in [0.25, 0.3) is 5.91 Å². The second-order valence-corrected chi connectivity index (χ2v) is 18.6. The van der Waals surface area contributed by atoms with Gasteiger partial charge in [-0.1, -0.05) is 71.6 Å². The number of aryl methyl sites for hydroxylation is 1. The van der Waals surface area contributed by atoms with Gasteiger partial charge in [-0.05, 0) is 74.8 Å². The Hall–Kier alpha value is -3.48. The van der Waals surface area contributed by atoms with Gasteiger partial charge < -0.3 is 26.2 Å². The molecule has 2 saturated carbocycles. The highest BCUT2D eigenvalue weighted by Crippen LogP contribution is 2.65. The van der Waals surface area contributed by atoms with E-state index >= 15 is 0 Å². The number of Topliss-reactive ketones (excluding diaryl/α,β-unsaturated/α-hetero) is 1. The van der Waals surface area contributed by atoms with Crippen LogP contribution in [0.5, 0.6) is 0 Å². The summed E-state index contributed by atoms with van der Waals surface area (Å²) in [5, 5.41) is 10.7. The van der Waals surface area contributed by atoms with Crippen LogP contribution in [-0.4, -0.2) is 78.9 Å². The zero-order chi connectivity index (χ0) is 36.0. The standard InChI is InChI=1S/C35H53N5O7S/c1-20-13-15-22(16-14-20)48(46,47)19-36-30(43)27(41)24(17-21-11-10-12-21)37-29(42)26-25-23(35(25,8)9)18-40(26)31(44)28(33(2,3)4)38-32(45)39-34(5,6)7/h13-16,21,23-26,28H,10-12,17-19H2,1-9H3,(H,36,43)(H,37,42)(H2,38,39,45)/t23?,24?,25?,26-,28+/m0/s1. The number of amides is 5. The molecule has 3 fully saturated rings. The van der Waals surface area contributed by atoms with E-state index in [1.807, 2.05) is 62.3 Å². The number of fused-ring (bicyclic) bond motifs is 1. The van der Waals surface area contributed by atoms with Crippen molar-refractivity contribution < 1.29 is 32.4 Å². The molecule has 2 aliphatic carbocycles. The first-order valence-electron chi connectivity index (χ1n) is 16.8. The van der Waals surface area contributed by atoms with E-state index in [1.54, 1.807) is 12.1 Å². The van der Waals surface area contributed by atoms with Gasteiger partial charge in [0, 0.05) is 12.1 Å². The van der Waals surface area contributed by atoms with Crippen molar-refractivity contribution in [2.75, 3.05) is 12.4 Å². The number of nitrogens with zero attached hydrogens (tertiary/aromatic N) is 1. The minimum Gasteiger partial charge on any atom is -0.344 e. The molecule has 0 spiro atoms. The van der Waals surface area contributed by atoms with Crippen LogP contribution in [0.25, 0.3) is 0 Å². The molecule has 1 saturated heterocycles. The van der Waals surface area contributed by atoms with Crippen LogP contribution in [0.1, 0.15) is 86.6 Å². The van der Waals surface area contributed by atoms with E-state index < -0.39 is 74.3 Å². The van der Waals surface area contributed by atoms with Gasteiger partial charge >= 0.3 is 6.03 Å². The average molecular weight is 688 g/mol. The summed E-state index contributed by atoms with van der Waals surface area (Å²) in [5.74, 6) is -3.70. The van der Waals surface area contributed by atoms with Crippen molar-refractivity contribution in [3.63, 3.8) is 0 Å². The Morgan fingerprint density at radius 1 is 0.958 bits per heavy atom. The molecular formula is C35H53N5O7S. The number of nitrogens with one attached hydrogen (secondary N) is 4. The molecule has 266 valence electrons. The molecule has 4 rings (SSSR count). The van der Waals surface area contributed by atoms with Crippen LogP contribution in [0.15, 0.2) is 29.2 Å². The molecular weight excluding hydrogens is 634 g/mol. The summed E-state index contributed by atoms with van der Waals surface area (Å²) >= 11 is 0. The van der Waals surface area contributed by atoms with Crippen LogP contribution in [0.2, 0.25) is 0 Å². The van der Waals surface area contributed by atoms with Gasteiger partial charge in [-0.2, -0.15) is 0 Å². The predicted octanol–water partition coefficient (Wildman–Crippen LogP) is 3.08. The summed E-state index contributed by atoms with van der Waals surface area (Å²) in [4.78, 5) is 69.3. The number of benzene rings is 1. The molecule has 0 radical (unpaired) electrons. The van der Waals surface area contributed by atoms with Crippen LogP contribution < -0.4 is 21.3 Å². The number of likely N-dealkylation sites (tertiary alicyclic amines) is 1. The number of hydrogen-bond acceptors (Lipinski definition) is 7. The quantitative estimate of drug-likeness (QED) is 0.259. The fourth-order valence-corrected chi connectivity index (χ4v) is 7.96. The number of hydrogen-bond donors (Lipinski definition) is 4. The van der Waals surface area contributed by atoms with E-state index in [9.17, 15) is 32.4 Å². The molecule has 4 N–H and O–H groups in total. The fourth-order valence-electron chi connectivity index (χ4n) is 6.92. The van der Waals surface area contributed by atoms with Crippen LogP contribution in [0, 0.1) is 35.5 Å². The minimum absolute atomic E-state index is 0.0201. The van der Waals surface area contributed by atoms with Crippen molar-refractivity contribution in [2.45, 2.75) is 117 Å². The average Bonchev–Trinajstić information content (AvgIpc) is 3.25. The van der Waals surface area contributed by atoms with Gasteiger partial charge in [-0.3, -0.25) is 19.2 Å². The van der Waals surface area contributed by atoms with Gasteiger partial charge in [-0.25, -0.2) is 13.2 Å². The highest BCUT2D eigenvalue weighted by molar-refractivity contribution is 7.91. The first-order chi connectivity index (χ1) is 22.0. The second-order valence-electron chi connectivity index (χ2n) is 16.6. The van der Waals surface area contributed by atoms with E-state index in [0.29, 0.717) is 6.54 Å². The Morgan fingerprint density at radius 3 is 2.08 bits per heavy atom. The van der Waals surface area contributed by atoms with Crippen LogP contribution in [0.4, 0.5) is 4.79 Å². The molecule has 1 heterocycles. The van der Waals surface area contributed by atoms with Crippen molar-refractivity contribution in [2.24, 2.45) is 28.6 Å². The van der Waals surface area contributed by atoms with Gasteiger partial charge in [0.05, 0.1) is 10.9 Å². The SMILES string of the molecule is Cc1ccc(S(=O)(=O)CNC(=O)C(=O)C(CC2CCC2)NC(=O)[C@@H]2C3C(CN2C(=O)[C@@H](NC(=O)NC(C)(C)C)C(C)(C)C)C3(C)C)cc1. The van der Waals surface area contributed by atoms with E-state index in [-0.39, 0.29) is 34.5 Å². The Bertz CT molecular complexity index is 1540. The lowest BCUT2D eigenvalue weighted by atomic mass is 9.80. The summed E-state index contributed by atoms with van der Waals surface area (Å²) in [6.45, 7) is 17.3. The van der Waals surface area contributed by atoms with Gasteiger partial charge in [0.1, 0.15) is 18.0 Å². The normalized spacial score (nSPS) is 23.2. The highest BCUT2D eigenvalue weighted by Gasteiger charge is 2.70. The van der Waals surface area contributed by atoms with E-state index in [4.69, 9.17) is 0 Å². The summed E-state index contributed by atoms with van der Waals surface area (Å²) in [7, 11) is -3.90. The van der Waals surface area contributed by atoms with Crippen molar-refractivity contribution in [3.05, 3.63) is 29.8 Å². The smallest absolute Gasteiger partial charge is 0.315 e. The molecule has 12 nitrogen and oxygen atoms in total. The van der Waals surface area contributed by atoms with Gasteiger partial charge in [0.15, 0.2) is 9.84 Å². The number of piperidine rings is 1. The maximum Gasteiger partial charge on any atom is 0.315 e. The number of rotatable bonds is 11.